The summed E-state index contributed by atoms with van der Waals surface area (Å²) in [5, 5.41) is 0.377. The van der Waals surface area contributed by atoms with Crippen LogP contribution in [0.3, 0.4) is 0 Å². The van der Waals surface area contributed by atoms with E-state index in [0.717, 1.165) is 10.6 Å². The summed E-state index contributed by atoms with van der Waals surface area (Å²) in [7, 11) is -3.59. The second kappa shape index (κ2) is 4.58. The van der Waals surface area contributed by atoms with E-state index in [-0.39, 0.29) is 4.90 Å². The average Bonchev–Trinajstić information content (AvgIpc) is 2.57. The summed E-state index contributed by atoms with van der Waals surface area (Å²) in [5.41, 5.74) is 6.87. The number of thiazole rings is 1. The van der Waals surface area contributed by atoms with Crippen LogP contribution in [0.15, 0.2) is 29.2 Å². The van der Waals surface area contributed by atoms with E-state index < -0.39 is 10.0 Å². The van der Waals surface area contributed by atoms with Gasteiger partial charge < -0.3 is 5.73 Å². The zero-order valence-electron chi connectivity index (χ0n) is 9.97. The molecule has 7 heteroatoms. The summed E-state index contributed by atoms with van der Waals surface area (Å²) in [5.74, 6) is 0. The van der Waals surface area contributed by atoms with E-state index in [1.807, 2.05) is 13.8 Å². The molecule has 0 radical (unpaired) electrons. The first-order valence-corrected chi connectivity index (χ1v) is 7.51. The Morgan fingerprint density at radius 3 is 2.33 bits per heavy atom. The van der Waals surface area contributed by atoms with E-state index in [4.69, 9.17) is 5.73 Å². The Labute approximate surface area is 110 Å². The lowest BCUT2D eigenvalue weighted by Crippen LogP contribution is -2.12. The maximum atomic E-state index is 12.0. The van der Waals surface area contributed by atoms with Crippen molar-refractivity contribution in [2.24, 2.45) is 0 Å². The van der Waals surface area contributed by atoms with Gasteiger partial charge in [-0.1, -0.05) is 0 Å². The van der Waals surface area contributed by atoms with Gasteiger partial charge in [0.2, 0.25) is 0 Å². The van der Waals surface area contributed by atoms with Crippen molar-refractivity contribution in [3.05, 3.63) is 34.8 Å². The number of benzene rings is 1. The van der Waals surface area contributed by atoms with Crippen molar-refractivity contribution in [2.75, 3.05) is 10.5 Å². The van der Waals surface area contributed by atoms with E-state index in [2.05, 4.69) is 9.71 Å². The molecule has 0 spiro atoms. The third-order valence-electron chi connectivity index (χ3n) is 2.44. The maximum absolute atomic E-state index is 12.0. The number of aryl methyl sites for hydroxylation is 2. The quantitative estimate of drug-likeness (QED) is 0.845. The zero-order valence-corrected chi connectivity index (χ0v) is 11.6. The first-order valence-electron chi connectivity index (χ1n) is 5.21. The highest BCUT2D eigenvalue weighted by Crippen LogP contribution is 2.24. The number of nitrogen functional groups attached to an aromatic ring is 1. The van der Waals surface area contributed by atoms with Gasteiger partial charge in [-0.25, -0.2) is 13.4 Å². The number of hydrogen-bond acceptors (Lipinski definition) is 5. The number of nitrogens with zero attached hydrogens (tertiary/aromatic N) is 1. The lowest BCUT2D eigenvalue weighted by molar-refractivity contribution is 0.601. The highest BCUT2D eigenvalue weighted by molar-refractivity contribution is 7.93. The summed E-state index contributed by atoms with van der Waals surface area (Å²) in [6.07, 6.45) is 0. The van der Waals surface area contributed by atoms with Gasteiger partial charge in [-0.05, 0) is 38.1 Å². The molecule has 1 aromatic heterocycles. The molecule has 0 amide bonds. The van der Waals surface area contributed by atoms with Crippen LogP contribution in [0.5, 0.6) is 0 Å². The number of rotatable bonds is 3. The smallest absolute Gasteiger partial charge is 0.263 e. The van der Waals surface area contributed by atoms with Crippen molar-refractivity contribution in [1.82, 2.24) is 4.98 Å². The molecule has 0 aliphatic rings. The summed E-state index contributed by atoms with van der Waals surface area (Å²) in [6, 6.07) is 6.02. The Morgan fingerprint density at radius 2 is 1.83 bits per heavy atom. The second-order valence-electron chi connectivity index (χ2n) is 3.84. The fraction of sp³-hybridized carbons (Fsp3) is 0.182. The predicted octanol–water partition coefficient (Wildman–Crippen LogP) is 2.14. The van der Waals surface area contributed by atoms with Gasteiger partial charge in [0.05, 0.1) is 10.6 Å². The number of anilines is 2. The largest absolute Gasteiger partial charge is 0.399 e. The Morgan fingerprint density at radius 1 is 1.22 bits per heavy atom. The van der Waals surface area contributed by atoms with E-state index >= 15 is 0 Å². The zero-order chi connectivity index (χ0) is 13.3. The lowest BCUT2D eigenvalue weighted by atomic mass is 10.3. The molecule has 3 N–H and O–H groups in total. The number of hydrogen-bond donors (Lipinski definition) is 2. The molecular weight excluding hydrogens is 270 g/mol. The van der Waals surface area contributed by atoms with E-state index in [9.17, 15) is 8.42 Å². The second-order valence-corrected chi connectivity index (χ2v) is 6.72. The molecule has 0 bridgehead atoms. The highest BCUT2D eigenvalue weighted by Gasteiger charge is 2.16. The van der Waals surface area contributed by atoms with Gasteiger partial charge in [0, 0.05) is 10.6 Å². The molecule has 0 fully saturated rings. The van der Waals surface area contributed by atoms with Crippen molar-refractivity contribution in [2.45, 2.75) is 18.7 Å². The van der Waals surface area contributed by atoms with Crippen LogP contribution in [0.2, 0.25) is 0 Å². The van der Waals surface area contributed by atoms with Crippen molar-refractivity contribution in [3.8, 4) is 0 Å². The van der Waals surface area contributed by atoms with Crippen LogP contribution >= 0.6 is 11.3 Å². The summed E-state index contributed by atoms with van der Waals surface area (Å²) >= 11 is 1.31. The minimum absolute atomic E-state index is 0.169. The van der Waals surface area contributed by atoms with Crippen LogP contribution in [0.25, 0.3) is 0 Å². The fourth-order valence-electron chi connectivity index (χ4n) is 1.34. The molecular formula is C11H13N3O2S2. The van der Waals surface area contributed by atoms with Gasteiger partial charge in [0.15, 0.2) is 5.13 Å². The molecule has 0 unspecified atom stereocenters. The average molecular weight is 283 g/mol. The first-order chi connectivity index (χ1) is 8.38. The van der Waals surface area contributed by atoms with Gasteiger partial charge >= 0.3 is 0 Å². The predicted molar refractivity (Wildman–Crippen MR) is 73.3 cm³/mol. The maximum Gasteiger partial charge on any atom is 0.263 e. The molecule has 0 aliphatic heterocycles. The van der Waals surface area contributed by atoms with Crippen LogP contribution in [-0.2, 0) is 10.0 Å². The molecule has 0 aliphatic carbocycles. The van der Waals surface area contributed by atoms with Gasteiger partial charge in [-0.2, -0.15) is 0 Å². The highest BCUT2D eigenvalue weighted by atomic mass is 32.2. The van der Waals surface area contributed by atoms with Crippen molar-refractivity contribution < 1.29 is 8.42 Å². The molecule has 1 heterocycles. The molecule has 1 aromatic carbocycles. The SMILES string of the molecule is Cc1nc(NS(=O)(=O)c2ccc(N)cc2)sc1C. The Kier molecular flexibility index (Phi) is 3.27. The number of nitrogens with one attached hydrogen (secondary N) is 1. The molecule has 0 atom stereocenters. The van der Waals surface area contributed by atoms with Crippen LogP contribution in [-0.4, -0.2) is 13.4 Å². The third-order valence-corrected chi connectivity index (χ3v) is 4.91. The molecule has 0 saturated carbocycles. The van der Waals surface area contributed by atoms with Crippen LogP contribution in [0, 0.1) is 13.8 Å². The van der Waals surface area contributed by atoms with Crippen molar-refractivity contribution in [3.63, 3.8) is 0 Å². The Hall–Kier alpha value is -1.60. The standard InChI is InChI=1S/C11H13N3O2S2/c1-7-8(2)17-11(13-7)14-18(15,16)10-5-3-9(12)4-6-10/h3-6H,12H2,1-2H3,(H,13,14). The summed E-state index contributed by atoms with van der Waals surface area (Å²) < 4.78 is 26.6. The Balaban J connectivity index is 2.29. The van der Waals surface area contributed by atoms with Gasteiger partial charge in [-0.15, -0.1) is 11.3 Å². The van der Waals surface area contributed by atoms with E-state index in [1.54, 1.807) is 12.1 Å². The van der Waals surface area contributed by atoms with Crippen molar-refractivity contribution in [1.29, 1.82) is 0 Å². The summed E-state index contributed by atoms with van der Waals surface area (Å²) in [6.45, 7) is 3.74. The molecule has 5 nitrogen and oxygen atoms in total. The Bertz CT molecular complexity index is 641. The number of nitrogens with two attached hydrogens (primary N) is 1. The number of sulfonamides is 1. The third kappa shape index (κ3) is 2.62. The van der Waals surface area contributed by atoms with E-state index in [1.165, 1.54) is 23.5 Å². The van der Waals surface area contributed by atoms with Gasteiger partial charge in [-0.3, -0.25) is 4.72 Å². The van der Waals surface area contributed by atoms with Crippen molar-refractivity contribution >= 4 is 32.2 Å². The van der Waals surface area contributed by atoms with Gasteiger partial charge in [0.1, 0.15) is 0 Å². The normalized spacial score (nSPS) is 11.4. The lowest BCUT2D eigenvalue weighted by Gasteiger charge is -2.05. The monoisotopic (exact) mass is 283 g/mol. The number of aromatic nitrogens is 1. The van der Waals surface area contributed by atoms with E-state index in [0.29, 0.717) is 10.8 Å². The first kappa shape index (κ1) is 12.8. The molecule has 2 aromatic rings. The topological polar surface area (TPSA) is 85.1 Å². The van der Waals surface area contributed by atoms with Crippen LogP contribution < -0.4 is 10.5 Å². The van der Waals surface area contributed by atoms with Crippen LogP contribution in [0.4, 0.5) is 10.8 Å². The summed E-state index contributed by atoms with van der Waals surface area (Å²) in [4.78, 5) is 5.30. The molecule has 18 heavy (non-hydrogen) atoms. The molecule has 96 valence electrons. The minimum atomic E-state index is -3.59. The van der Waals surface area contributed by atoms with Gasteiger partial charge in [0.25, 0.3) is 10.0 Å². The van der Waals surface area contributed by atoms with Crippen LogP contribution in [0.1, 0.15) is 10.6 Å². The minimum Gasteiger partial charge on any atom is -0.399 e. The fourth-order valence-corrected chi connectivity index (χ4v) is 3.39. The molecule has 0 saturated heterocycles. The molecule has 2 rings (SSSR count).